The summed E-state index contributed by atoms with van der Waals surface area (Å²) in [5.41, 5.74) is 2.12. The van der Waals surface area contributed by atoms with Crippen molar-refractivity contribution >= 4 is 50.0 Å². The Morgan fingerprint density at radius 1 is 1.16 bits per heavy atom. The monoisotopic (exact) mass is 464 g/mol. The van der Waals surface area contributed by atoms with Gasteiger partial charge in [-0.25, -0.2) is 9.78 Å². The fourth-order valence-electron chi connectivity index (χ4n) is 3.51. The third-order valence-electron chi connectivity index (χ3n) is 5.04. The van der Waals surface area contributed by atoms with Crippen LogP contribution in [0.5, 0.6) is 0 Å². The minimum absolute atomic E-state index is 0.153. The molecule has 0 aliphatic rings. The lowest BCUT2D eigenvalue weighted by Crippen LogP contribution is -2.14. The van der Waals surface area contributed by atoms with Gasteiger partial charge in [-0.15, -0.1) is 11.3 Å². The zero-order valence-electron chi connectivity index (χ0n) is 17.0. The number of hydrogen-bond donors (Lipinski definition) is 1. The molecule has 2 aromatic carbocycles. The molecule has 0 saturated heterocycles. The van der Waals surface area contributed by atoms with Gasteiger partial charge < -0.3 is 9.72 Å². The number of esters is 1. The van der Waals surface area contributed by atoms with Crippen LogP contribution >= 0.6 is 22.9 Å². The largest absolute Gasteiger partial charge is 0.453 e. The number of carbonyl (C=O) groups is 1. The van der Waals surface area contributed by atoms with Crippen LogP contribution in [0, 0.1) is 6.92 Å². The van der Waals surface area contributed by atoms with Gasteiger partial charge >= 0.3 is 5.97 Å². The van der Waals surface area contributed by atoms with Crippen LogP contribution in [0.4, 0.5) is 0 Å². The van der Waals surface area contributed by atoms with E-state index in [9.17, 15) is 9.59 Å². The Morgan fingerprint density at radius 3 is 2.78 bits per heavy atom. The Balaban J connectivity index is 1.37. The molecule has 0 aliphatic carbocycles. The van der Waals surface area contributed by atoms with E-state index in [2.05, 4.69) is 15.1 Å². The molecule has 9 heteroatoms. The van der Waals surface area contributed by atoms with Crippen LogP contribution in [0.15, 0.2) is 59.4 Å². The lowest BCUT2D eigenvalue weighted by Gasteiger charge is -2.05. The molecule has 0 unspecified atom stereocenters. The molecule has 0 saturated carbocycles. The van der Waals surface area contributed by atoms with Crippen LogP contribution < -0.4 is 5.56 Å². The lowest BCUT2D eigenvalue weighted by atomic mass is 10.2. The minimum Gasteiger partial charge on any atom is -0.453 e. The summed E-state index contributed by atoms with van der Waals surface area (Å²) in [6.07, 6.45) is 0. The van der Waals surface area contributed by atoms with Crippen LogP contribution in [-0.4, -0.2) is 25.7 Å². The molecule has 32 heavy (non-hydrogen) atoms. The molecule has 160 valence electrons. The molecule has 5 rings (SSSR count). The van der Waals surface area contributed by atoms with Crippen molar-refractivity contribution < 1.29 is 9.53 Å². The second-order valence-electron chi connectivity index (χ2n) is 7.31. The van der Waals surface area contributed by atoms with E-state index in [0.717, 1.165) is 21.5 Å². The molecule has 3 aromatic heterocycles. The molecule has 0 amide bonds. The highest BCUT2D eigenvalue weighted by Gasteiger charge is 2.18. The zero-order valence-corrected chi connectivity index (χ0v) is 18.5. The number of ether oxygens (including phenoxy) is 1. The van der Waals surface area contributed by atoms with E-state index in [1.807, 2.05) is 41.9 Å². The number of carbonyl (C=O) groups excluding carboxylic acids is 1. The summed E-state index contributed by atoms with van der Waals surface area (Å²) < 4.78 is 7.32. The fraction of sp³-hybridized carbons (Fsp3) is 0.130. The number of halogens is 1. The molecular weight excluding hydrogens is 448 g/mol. The van der Waals surface area contributed by atoms with E-state index in [1.165, 1.54) is 11.3 Å². The van der Waals surface area contributed by atoms with Gasteiger partial charge in [-0.1, -0.05) is 41.9 Å². The van der Waals surface area contributed by atoms with Crippen LogP contribution in [0.3, 0.4) is 0 Å². The fourth-order valence-corrected chi connectivity index (χ4v) is 4.73. The number of nitrogens with one attached hydrogen (secondary N) is 1. The number of fused-ring (bicyclic) bond motifs is 2. The van der Waals surface area contributed by atoms with E-state index in [1.54, 1.807) is 24.3 Å². The number of rotatable bonds is 5. The molecule has 0 atom stereocenters. The molecular formula is C23H17ClN4O3S. The number of aromatic amines is 1. The van der Waals surface area contributed by atoms with Crippen molar-refractivity contribution in [2.75, 3.05) is 0 Å². The second-order valence-corrected chi connectivity index (χ2v) is 8.78. The molecule has 0 radical (unpaired) electrons. The molecule has 5 aromatic rings. The number of aromatic nitrogens is 4. The third-order valence-corrected chi connectivity index (χ3v) is 6.40. The van der Waals surface area contributed by atoms with Crippen molar-refractivity contribution in [3.05, 3.63) is 91.9 Å². The van der Waals surface area contributed by atoms with E-state index in [-0.39, 0.29) is 18.0 Å². The molecule has 0 aliphatic heterocycles. The van der Waals surface area contributed by atoms with Crippen LogP contribution in [-0.2, 0) is 17.9 Å². The first-order valence-electron chi connectivity index (χ1n) is 9.84. The number of hydrogen-bond acceptors (Lipinski definition) is 6. The smallest absolute Gasteiger partial charge is 0.348 e. The average Bonchev–Trinajstić information content (AvgIpc) is 3.34. The second kappa shape index (κ2) is 8.22. The summed E-state index contributed by atoms with van der Waals surface area (Å²) in [5, 5.41) is 6.42. The first-order chi connectivity index (χ1) is 15.5. The van der Waals surface area contributed by atoms with Gasteiger partial charge in [0.2, 0.25) is 0 Å². The summed E-state index contributed by atoms with van der Waals surface area (Å²) in [6, 6.07) is 16.7. The number of aryl methyl sites for hydroxylation is 1. The molecule has 1 N–H and O–H groups in total. The number of thiophene rings is 1. The van der Waals surface area contributed by atoms with Gasteiger partial charge in [-0.05, 0) is 36.8 Å². The van der Waals surface area contributed by atoms with Gasteiger partial charge in [0, 0.05) is 10.4 Å². The highest BCUT2D eigenvalue weighted by atomic mass is 35.5. The number of H-pyrrole nitrogens is 1. The normalized spacial score (nSPS) is 11.3. The number of nitrogens with zero attached hydrogens (tertiary/aromatic N) is 3. The first kappa shape index (κ1) is 20.4. The predicted molar refractivity (Wildman–Crippen MR) is 124 cm³/mol. The topological polar surface area (TPSA) is 89.9 Å². The van der Waals surface area contributed by atoms with E-state index in [4.69, 9.17) is 16.3 Å². The van der Waals surface area contributed by atoms with Crippen molar-refractivity contribution in [1.29, 1.82) is 0 Å². The summed E-state index contributed by atoms with van der Waals surface area (Å²) in [4.78, 5) is 33.3. The third kappa shape index (κ3) is 3.90. The van der Waals surface area contributed by atoms with Crippen LogP contribution in [0.1, 0.15) is 26.8 Å². The molecule has 0 spiro atoms. The average molecular weight is 465 g/mol. The van der Waals surface area contributed by atoms with E-state index >= 15 is 0 Å². The predicted octanol–water partition coefficient (Wildman–Crippen LogP) is 4.70. The Bertz CT molecular complexity index is 1520. The van der Waals surface area contributed by atoms with Crippen molar-refractivity contribution in [2.24, 2.45) is 0 Å². The first-order valence-corrected chi connectivity index (χ1v) is 11.0. The Morgan fingerprint density at radius 2 is 1.97 bits per heavy atom. The van der Waals surface area contributed by atoms with E-state index < -0.39 is 5.97 Å². The molecule has 7 nitrogen and oxygen atoms in total. The van der Waals surface area contributed by atoms with Gasteiger partial charge in [0.05, 0.1) is 23.1 Å². The Labute approximate surface area is 191 Å². The van der Waals surface area contributed by atoms with Gasteiger partial charge in [0.25, 0.3) is 5.56 Å². The molecule has 0 fully saturated rings. The Kier molecular flexibility index (Phi) is 5.24. The summed E-state index contributed by atoms with van der Waals surface area (Å²) in [5.74, 6) is -0.226. The summed E-state index contributed by atoms with van der Waals surface area (Å²) in [7, 11) is 0. The number of benzene rings is 2. The van der Waals surface area contributed by atoms with E-state index in [0.29, 0.717) is 27.3 Å². The van der Waals surface area contributed by atoms with Crippen molar-refractivity contribution in [2.45, 2.75) is 20.1 Å². The van der Waals surface area contributed by atoms with Crippen LogP contribution in [0.2, 0.25) is 5.02 Å². The van der Waals surface area contributed by atoms with Crippen LogP contribution in [0.25, 0.3) is 21.1 Å². The van der Waals surface area contributed by atoms with Gasteiger partial charge in [-0.2, -0.15) is 5.10 Å². The highest BCUT2D eigenvalue weighted by molar-refractivity contribution is 7.20. The van der Waals surface area contributed by atoms with Gasteiger partial charge in [-0.3, -0.25) is 9.48 Å². The lowest BCUT2D eigenvalue weighted by molar-refractivity contribution is 0.0468. The highest BCUT2D eigenvalue weighted by Crippen LogP contribution is 2.29. The van der Waals surface area contributed by atoms with Crippen molar-refractivity contribution in [3.63, 3.8) is 0 Å². The van der Waals surface area contributed by atoms with Crippen molar-refractivity contribution in [1.82, 2.24) is 19.7 Å². The Hall–Kier alpha value is -3.49. The zero-order chi connectivity index (χ0) is 22.2. The van der Waals surface area contributed by atoms with Gasteiger partial charge in [0.1, 0.15) is 22.1 Å². The standard InChI is InChI=1S/C23H17ClN4O3S/c1-13-17-10-19(32-22(17)28(27-13)11-14-5-3-2-4-6-14)23(30)31-12-20-25-18-9-15(24)7-8-16(18)21(29)26-20/h2-10H,11-12H2,1H3,(H,25,26,29). The van der Waals surface area contributed by atoms with Crippen molar-refractivity contribution in [3.8, 4) is 0 Å². The maximum Gasteiger partial charge on any atom is 0.348 e. The quantitative estimate of drug-likeness (QED) is 0.381. The summed E-state index contributed by atoms with van der Waals surface area (Å²) in [6.45, 7) is 2.38. The molecule has 3 heterocycles. The maximum absolute atomic E-state index is 12.7. The minimum atomic E-state index is -0.481. The molecule has 0 bridgehead atoms. The van der Waals surface area contributed by atoms with Gasteiger partial charge in [0.15, 0.2) is 0 Å². The summed E-state index contributed by atoms with van der Waals surface area (Å²) >= 11 is 7.32. The maximum atomic E-state index is 12.7. The SMILES string of the molecule is Cc1nn(Cc2ccccc2)c2sc(C(=O)OCc3nc4cc(Cl)ccc4c(=O)[nH]3)cc12.